The largest absolute Gasteiger partial charge is 0.367 e. The van der Waals surface area contributed by atoms with Crippen LogP contribution in [0.25, 0.3) is 0 Å². The molecule has 0 spiro atoms. The molecule has 0 saturated carbocycles. The molecule has 2 rings (SSSR count). The molecule has 1 fully saturated rings. The molecular weight excluding hydrogens is 280 g/mol. The Morgan fingerprint density at radius 1 is 1.37 bits per heavy atom. The smallest absolute Gasteiger partial charge is 0.110 e. The fourth-order valence-electron chi connectivity index (χ4n) is 2.85. The lowest BCUT2D eigenvalue weighted by Crippen LogP contribution is -2.57. The van der Waals surface area contributed by atoms with E-state index in [9.17, 15) is 0 Å². The van der Waals surface area contributed by atoms with Crippen LogP contribution >= 0.6 is 22.9 Å². The van der Waals surface area contributed by atoms with Crippen LogP contribution in [-0.2, 0) is 10.6 Å². The fraction of sp³-hybridized carbons (Fsp3) is 0.786. The van der Waals surface area contributed by atoms with Gasteiger partial charge in [0.1, 0.15) is 5.01 Å². The molecule has 1 saturated heterocycles. The number of aromatic nitrogens is 1. The molecule has 0 amide bonds. The monoisotopic (exact) mass is 302 g/mol. The van der Waals surface area contributed by atoms with Crippen LogP contribution in [0, 0.1) is 0 Å². The van der Waals surface area contributed by atoms with Gasteiger partial charge in [-0.25, -0.2) is 4.98 Å². The number of alkyl halides is 1. The van der Waals surface area contributed by atoms with Crippen LogP contribution in [0.5, 0.6) is 0 Å². The number of halogens is 1. The second kappa shape index (κ2) is 5.32. The Labute approximate surface area is 124 Å². The van der Waals surface area contributed by atoms with Gasteiger partial charge in [0.25, 0.3) is 0 Å². The van der Waals surface area contributed by atoms with E-state index in [0.29, 0.717) is 11.9 Å². The SMILES string of the molecule is CC(c1nc(CCl)cs1)N1CC(C)(C)OC(C)(C)C1. The van der Waals surface area contributed by atoms with Crippen LogP contribution in [0.3, 0.4) is 0 Å². The molecule has 1 unspecified atom stereocenters. The summed E-state index contributed by atoms with van der Waals surface area (Å²) in [4.78, 5) is 7.06. The fourth-order valence-corrected chi connectivity index (χ4v) is 3.99. The Bertz CT molecular complexity index is 428. The third kappa shape index (κ3) is 3.69. The third-order valence-electron chi connectivity index (χ3n) is 3.33. The van der Waals surface area contributed by atoms with E-state index in [1.165, 1.54) is 0 Å². The van der Waals surface area contributed by atoms with Crippen molar-refractivity contribution >= 4 is 22.9 Å². The van der Waals surface area contributed by atoms with Crippen molar-refractivity contribution in [2.24, 2.45) is 0 Å². The van der Waals surface area contributed by atoms with Crippen molar-refractivity contribution in [2.45, 2.75) is 57.7 Å². The van der Waals surface area contributed by atoms with Gasteiger partial charge in [0.05, 0.1) is 28.8 Å². The standard InChI is InChI=1S/C14H23ClN2OS/c1-10(12-16-11(6-15)7-19-12)17-8-13(2,3)18-14(4,5)9-17/h7,10H,6,8-9H2,1-5H3. The topological polar surface area (TPSA) is 25.4 Å². The zero-order chi connectivity index (χ0) is 14.3. The first kappa shape index (κ1) is 15.2. The molecule has 0 radical (unpaired) electrons. The Morgan fingerprint density at radius 2 is 1.95 bits per heavy atom. The molecule has 3 nitrogen and oxygen atoms in total. The summed E-state index contributed by atoms with van der Waals surface area (Å²) in [6.07, 6.45) is 0. The van der Waals surface area contributed by atoms with Crippen LogP contribution in [0.2, 0.25) is 0 Å². The van der Waals surface area contributed by atoms with Crippen molar-refractivity contribution in [1.29, 1.82) is 0 Å². The molecule has 5 heteroatoms. The first-order chi connectivity index (χ1) is 8.72. The molecule has 0 aromatic carbocycles. The first-order valence-electron chi connectivity index (χ1n) is 6.67. The highest BCUT2D eigenvalue weighted by atomic mass is 35.5. The molecular formula is C14H23ClN2OS. The summed E-state index contributed by atoms with van der Waals surface area (Å²) in [7, 11) is 0. The Balaban J connectivity index is 2.16. The summed E-state index contributed by atoms with van der Waals surface area (Å²) in [5.41, 5.74) is 0.728. The van der Waals surface area contributed by atoms with Crippen LogP contribution in [-0.4, -0.2) is 34.2 Å². The van der Waals surface area contributed by atoms with Gasteiger partial charge in [0, 0.05) is 18.5 Å². The highest BCUT2D eigenvalue weighted by Crippen LogP contribution is 2.34. The van der Waals surface area contributed by atoms with Gasteiger partial charge in [0.15, 0.2) is 0 Å². The summed E-state index contributed by atoms with van der Waals surface area (Å²) < 4.78 is 6.12. The summed E-state index contributed by atoms with van der Waals surface area (Å²) >= 11 is 7.53. The molecule has 2 heterocycles. The minimum atomic E-state index is -0.122. The molecule has 0 aliphatic carbocycles. The third-order valence-corrected chi connectivity index (χ3v) is 4.67. The summed E-state index contributed by atoms with van der Waals surface area (Å²) in [6.45, 7) is 12.7. The molecule has 108 valence electrons. The number of thiazole rings is 1. The molecule has 0 bridgehead atoms. The molecule has 1 aliphatic heterocycles. The van der Waals surface area contributed by atoms with Crippen molar-refractivity contribution in [3.63, 3.8) is 0 Å². The second-order valence-electron chi connectivity index (χ2n) is 6.51. The van der Waals surface area contributed by atoms with E-state index in [-0.39, 0.29) is 11.2 Å². The van der Waals surface area contributed by atoms with E-state index < -0.39 is 0 Å². The lowest BCUT2D eigenvalue weighted by atomic mass is 9.97. The van der Waals surface area contributed by atoms with Gasteiger partial charge in [-0.2, -0.15) is 0 Å². The molecule has 19 heavy (non-hydrogen) atoms. The van der Waals surface area contributed by atoms with Gasteiger partial charge < -0.3 is 4.74 Å². The lowest BCUT2D eigenvalue weighted by molar-refractivity contribution is -0.187. The predicted octanol–water partition coefficient (Wildman–Crippen LogP) is 3.83. The molecule has 0 N–H and O–H groups in total. The van der Waals surface area contributed by atoms with E-state index in [4.69, 9.17) is 16.3 Å². The normalized spacial score (nSPS) is 24.3. The summed E-state index contributed by atoms with van der Waals surface area (Å²) in [6, 6.07) is 0.310. The zero-order valence-corrected chi connectivity index (χ0v) is 13.9. The maximum absolute atomic E-state index is 6.12. The van der Waals surface area contributed by atoms with Crippen molar-refractivity contribution < 1.29 is 4.74 Å². The minimum absolute atomic E-state index is 0.122. The first-order valence-corrected chi connectivity index (χ1v) is 8.08. The number of rotatable bonds is 3. The highest BCUT2D eigenvalue weighted by Gasteiger charge is 2.40. The maximum Gasteiger partial charge on any atom is 0.110 e. The average Bonchev–Trinajstić information content (AvgIpc) is 2.72. The van der Waals surface area contributed by atoms with Crippen LogP contribution in [0.1, 0.15) is 51.4 Å². The molecule has 1 aromatic heterocycles. The molecule has 1 aromatic rings. The molecule has 1 atom stereocenters. The average molecular weight is 303 g/mol. The van der Waals surface area contributed by atoms with Crippen LogP contribution < -0.4 is 0 Å². The Kier molecular flexibility index (Phi) is 4.26. The van der Waals surface area contributed by atoms with Gasteiger partial charge in [-0.1, -0.05) is 0 Å². The van der Waals surface area contributed by atoms with E-state index in [1.54, 1.807) is 11.3 Å². The Morgan fingerprint density at radius 3 is 2.42 bits per heavy atom. The predicted molar refractivity (Wildman–Crippen MR) is 80.9 cm³/mol. The summed E-state index contributed by atoms with van der Waals surface area (Å²) in [5.74, 6) is 0.489. The van der Waals surface area contributed by atoms with Gasteiger partial charge in [-0.15, -0.1) is 22.9 Å². The minimum Gasteiger partial charge on any atom is -0.367 e. The zero-order valence-electron chi connectivity index (χ0n) is 12.4. The number of morpholine rings is 1. The number of hydrogen-bond donors (Lipinski definition) is 0. The van der Waals surface area contributed by atoms with Crippen molar-refractivity contribution in [3.05, 3.63) is 16.1 Å². The van der Waals surface area contributed by atoms with E-state index in [1.807, 2.05) is 0 Å². The van der Waals surface area contributed by atoms with Gasteiger partial charge in [0.2, 0.25) is 0 Å². The van der Waals surface area contributed by atoms with Gasteiger partial charge in [-0.05, 0) is 34.6 Å². The van der Waals surface area contributed by atoms with Crippen molar-refractivity contribution in [3.8, 4) is 0 Å². The lowest BCUT2D eigenvalue weighted by Gasteiger charge is -2.48. The second-order valence-corrected chi connectivity index (χ2v) is 7.67. The number of hydrogen-bond acceptors (Lipinski definition) is 4. The van der Waals surface area contributed by atoms with Crippen molar-refractivity contribution in [1.82, 2.24) is 9.88 Å². The van der Waals surface area contributed by atoms with Gasteiger partial charge >= 0.3 is 0 Å². The van der Waals surface area contributed by atoms with Gasteiger partial charge in [-0.3, -0.25) is 4.90 Å². The number of ether oxygens (including phenoxy) is 1. The number of nitrogens with zero attached hydrogens (tertiary/aromatic N) is 2. The maximum atomic E-state index is 6.12. The van der Waals surface area contributed by atoms with E-state index in [0.717, 1.165) is 23.8 Å². The molecule has 1 aliphatic rings. The Hall–Kier alpha value is -0.160. The quantitative estimate of drug-likeness (QED) is 0.793. The van der Waals surface area contributed by atoms with Crippen molar-refractivity contribution in [2.75, 3.05) is 13.1 Å². The van der Waals surface area contributed by atoms with Crippen LogP contribution in [0.4, 0.5) is 0 Å². The van der Waals surface area contributed by atoms with E-state index >= 15 is 0 Å². The van der Waals surface area contributed by atoms with Crippen LogP contribution in [0.15, 0.2) is 5.38 Å². The summed E-state index contributed by atoms with van der Waals surface area (Å²) in [5, 5.41) is 3.19. The van der Waals surface area contributed by atoms with E-state index in [2.05, 4.69) is 49.9 Å². The highest BCUT2D eigenvalue weighted by molar-refractivity contribution is 7.09.